The van der Waals surface area contributed by atoms with E-state index in [9.17, 15) is 0 Å². The number of nitrogens with zero attached hydrogens (tertiary/aromatic N) is 1. The average molecular weight is 293 g/mol. The Morgan fingerprint density at radius 2 is 2.00 bits per heavy atom. The van der Waals surface area contributed by atoms with Gasteiger partial charge in [-0.3, -0.25) is 0 Å². The van der Waals surface area contributed by atoms with Crippen molar-refractivity contribution in [2.45, 2.75) is 13.8 Å². The fraction of sp³-hybridized carbons (Fsp3) is 0.143. The highest BCUT2D eigenvalue weighted by Crippen LogP contribution is 2.25. The van der Waals surface area contributed by atoms with Crippen LogP contribution in [0.5, 0.6) is 11.6 Å². The van der Waals surface area contributed by atoms with E-state index in [1.165, 1.54) is 0 Å². The molecule has 0 bridgehead atoms. The molecule has 3 nitrogen and oxygen atoms in total. The number of aromatic nitrogens is 1. The Morgan fingerprint density at radius 3 is 2.63 bits per heavy atom. The zero-order valence-corrected chi connectivity index (χ0v) is 12.2. The first kappa shape index (κ1) is 13.8. The SMILES string of the molecule is Cc1cc(C(N)=S)cc(Oc2ccc(Cl)c(C)c2)n1. The van der Waals surface area contributed by atoms with Crippen LogP contribution in [0.3, 0.4) is 0 Å². The maximum Gasteiger partial charge on any atom is 0.220 e. The predicted octanol–water partition coefficient (Wildman–Crippen LogP) is 3.78. The second-order valence-corrected chi connectivity index (χ2v) is 5.06. The lowest BCUT2D eigenvalue weighted by Gasteiger charge is -2.09. The van der Waals surface area contributed by atoms with Crippen molar-refractivity contribution >= 4 is 28.8 Å². The summed E-state index contributed by atoms with van der Waals surface area (Å²) in [4.78, 5) is 4.62. The van der Waals surface area contributed by atoms with E-state index in [2.05, 4.69) is 4.98 Å². The first-order chi connectivity index (χ1) is 8.95. The van der Waals surface area contributed by atoms with E-state index < -0.39 is 0 Å². The van der Waals surface area contributed by atoms with E-state index in [0.29, 0.717) is 21.6 Å². The van der Waals surface area contributed by atoms with Crippen molar-refractivity contribution < 1.29 is 4.74 Å². The summed E-state index contributed by atoms with van der Waals surface area (Å²) in [6.45, 7) is 3.78. The van der Waals surface area contributed by atoms with Gasteiger partial charge in [0, 0.05) is 22.3 Å². The molecule has 1 aromatic heterocycles. The zero-order valence-electron chi connectivity index (χ0n) is 10.6. The molecule has 1 aromatic carbocycles. The second-order valence-electron chi connectivity index (χ2n) is 4.21. The highest BCUT2D eigenvalue weighted by molar-refractivity contribution is 7.80. The number of ether oxygens (including phenoxy) is 1. The molecule has 2 N–H and O–H groups in total. The van der Waals surface area contributed by atoms with Gasteiger partial charge in [0.2, 0.25) is 5.88 Å². The van der Waals surface area contributed by atoms with E-state index in [1.807, 2.05) is 26.0 Å². The lowest BCUT2D eigenvalue weighted by atomic mass is 10.2. The highest BCUT2D eigenvalue weighted by Gasteiger charge is 2.06. The monoisotopic (exact) mass is 292 g/mol. The van der Waals surface area contributed by atoms with Gasteiger partial charge in [-0.1, -0.05) is 23.8 Å². The minimum atomic E-state index is 0.322. The van der Waals surface area contributed by atoms with Crippen LogP contribution in [0.4, 0.5) is 0 Å². The molecule has 5 heteroatoms. The number of pyridine rings is 1. The maximum absolute atomic E-state index is 5.97. The van der Waals surface area contributed by atoms with E-state index in [-0.39, 0.29) is 0 Å². The summed E-state index contributed by atoms with van der Waals surface area (Å²) in [5.74, 6) is 1.14. The number of thiocarbonyl (C=S) groups is 1. The van der Waals surface area contributed by atoms with Crippen molar-refractivity contribution in [1.29, 1.82) is 0 Å². The third-order valence-corrected chi connectivity index (χ3v) is 3.23. The van der Waals surface area contributed by atoms with Crippen molar-refractivity contribution in [3.63, 3.8) is 0 Å². The molecule has 2 aromatic rings. The van der Waals surface area contributed by atoms with Gasteiger partial charge in [-0.25, -0.2) is 4.98 Å². The Hall–Kier alpha value is -1.65. The van der Waals surface area contributed by atoms with Gasteiger partial charge in [0.15, 0.2) is 0 Å². The zero-order chi connectivity index (χ0) is 14.0. The summed E-state index contributed by atoms with van der Waals surface area (Å²) in [6.07, 6.45) is 0. The molecule has 2 rings (SSSR count). The van der Waals surface area contributed by atoms with Crippen molar-refractivity contribution in [3.8, 4) is 11.6 Å². The lowest BCUT2D eigenvalue weighted by molar-refractivity contribution is 0.461. The van der Waals surface area contributed by atoms with E-state index in [1.54, 1.807) is 18.2 Å². The van der Waals surface area contributed by atoms with Crippen LogP contribution in [0, 0.1) is 13.8 Å². The van der Waals surface area contributed by atoms with Gasteiger partial charge in [0.1, 0.15) is 10.7 Å². The van der Waals surface area contributed by atoms with Crippen LogP contribution >= 0.6 is 23.8 Å². The molecule has 0 radical (unpaired) electrons. The summed E-state index contributed by atoms with van der Waals surface area (Å²) in [7, 11) is 0. The van der Waals surface area contributed by atoms with E-state index in [0.717, 1.165) is 16.8 Å². The van der Waals surface area contributed by atoms with Crippen LogP contribution in [-0.4, -0.2) is 9.97 Å². The van der Waals surface area contributed by atoms with Crippen LogP contribution < -0.4 is 10.5 Å². The summed E-state index contributed by atoms with van der Waals surface area (Å²) in [6, 6.07) is 8.98. The fourth-order valence-corrected chi connectivity index (χ4v) is 1.87. The van der Waals surface area contributed by atoms with Crippen molar-refractivity contribution in [1.82, 2.24) is 4.98 Å². The van der Waals surface area contributed by atoms with Gasteiger partial charge in [0.25, 0.3) is 0 Å². The number of aryl methyl sites for hydroxylation is 2. The molecule has 0 saturated heterocycles. The molecular weight excluding hydrogens is 280 g/mol. The molecular formula is C14H13ClN2OS. The van der Waals surface area contributed by atoms with Gasteiger partial charge in [-0.2, -0.15) is 0 Å². The van der Waals surface area contributed by atoms with Crippen LogP contribution in [0.2, 0.25) is 5.02 Å². The molecule has 0 saturated carbocycles. The Labute approximate surface area is 122 Å². The number of hydrogen-bond acceptors (Lipinski definition) is 3. The summed E-state index contributed by atoms with van der Waals surface area (Å²) < 4.78 is 5.70. The molecule has 0 unspecified atom stereocenters. The largest absolute Gasteiger partial charge is 0.439 e. The first-order valence-corrected chi connectivity index (χ1v) is 6.47. The second kappa shape index (κ2) is 5.55. The molecule has 0 aliphatic heterocycles. The standard InChI is InChI=1S/C14H13ClN2OS/c1-8-5-11(3-4-12(8)15)18-13-7-10(14(16)19)6-9(2)17-13/h3-7H,1-2H3,(H2,16,19). The van der Waals surface area contributed by atoms with Gasteiger partial charge in [-0.05, 0) is 43.7 Å². The van der Waals surface area contributed by atoms with Crippen molar-refractivity contribution in [3.05, 3.63) is 52.2 Å². The lowest BCUT2D eigenvalue weighted by Crippen LogP contribution is -2.10. The minimum absolute atomic E-state index is 0.322. The fourth-order valence-electron chi connectivity index (χ4n) is 1.63. The van der Waals surface area contributed by atoms with Crippen LogP contribution in [-0.2, 0) is 0 Å². The molecule has 0 aliphatic rings. The van der Waals surface area contributed by atoms with E-state index in [4.69, 9.17) is 34.3 Å². The summed E-state index contributed by atoms with van der Waals surface area (Å²) in [5.41, 5.74) is 8.10. The van der Waals surface area contributed by atoms with E-state index >= 15 is 0 Å². The number of hydrogen-bond donors (Lipinski definition) is 1. The number of nitrogens with two attached hydrogens (primary N) is 1. The van der Waals surface area contributed by atoms with Crippen molar-refractivity contribution in [2.24, 2.45) is 5.73 Å². The van der Waals surface area contributed by atoms with Gasteiger partial charge >= 0.3 is 0 Å². The topological polar surface area (TPSA) is 48.1 Å². The predicted molar refractivity (Wildman–Crippen MR) is 81.1 cm³/mol. The smallest absolute Gasteiger partial charge is 0.220 e. The minimum Gasteiger partial charge on any atom is -0.439 e. The summed E-state index contributed by atoms with van der Waals surface area (Å²) in [5, 5.41) is 0.702. The molecule has 19 heavy (non-hydrogen) atoms. The van der Waals surface area contributed by atoms with Crippen LogP contribution in [0.25, 0.3) is 0 Å². The molecule has 0 atom stereocenters. The number of rotatable bonds is 3. The Kier molecular flexibility index (Phi) is 4.02. The molecule has 0 aliphatic carbocycles. The Morgan fingerprint density at radius 1 is 1.26 bits per heavy atom. The number of halogens is 1. The molecule has 0 spiro atoms. The quantitative estimate of drug-likeness (QED) is 0.875. The molecule has 1 heterocycles. The third kappa shape index (κ3) is 3.43. The number of benzene rings is 1. The van der Waals surface area contributed by atoms with Gasteiger partial charge in [-0.15, -0.1) is 0 Å². The van der Waals surface area contributed by atoms with Gasteiger partial charge < -0.3 is 10.5 Å². The highest BCUT2D eigenvalue weighted by atomic mass is 35.5. The average Bonchev–Trinajstić information content (AvgIpc) is 2.33. The molecule has 0 fully saturated rings. The Bertz CT molecular complexity index is 643. The van der Waals surface area contributed by atoms with Crippen molar-refractivity contribution in [2.75, 3.05) is 0 Å². The molecule has 98 valence electrons. The molecule has 0 amide bonds. The first-order valence-electron chi connectivity index (χ1n) is 5.68. The summed E-state index contributed by atoms with van der Waals surface area (Å²) >= 11 is 10.9. The third-order valence-electron chi connectivity index (χ3n) is 2.57. The normalized spacial score (nSPS) is 10.3. The maximum atomic E-state index is 5.97. The van der Waals surface area contributed by atoms with Crippen LogP contribution in [0.1, 0.15) is 16.8 Å². The van der Waals surface area contributed by atoms with Gasteiger partial charge in [0.05, 0.1) is 0 Å². The van der Waals surface area contributed by atoms with Crippen LogP contribution in [0.15, 0.2) is 30.3 Å². The Balaban J connectivity index is 2.32.